The topological polar surface area (TPSA) is 38.3 Å². The largest absolute Gasteiger partial charge is 0.488 e. The molecule has 1 amide bonds. The van der Waals surface area contributed by atoms with Crippen LogP contribution in [0, 0.1) is 5.82 Å². The van der Waals surface area contributed by atoms with Gasteiger partial charge in [-0.25, -0.2) is 4.39 Å². The average molecular weight is 321 g/mol. The van der Waals surface area contributed by atoms with E-state index in [2.05, 4.69) is 5.32 Å². The lowest BCUT2D eigenvalue weighted by Gasteiger charge is -2.12. The Balaban J connectivity index is 1.74. The molecule has 0 saturated carbocycles. The molecular formula is C20H16FNO2. The van der Waals surface area contributed by atoms with Gasteiger partial charge < -0.3 is 10.1 Å². The molecule has 0 saturated heterocycles. The Labute approximate surface area is 139 Å². The van der Waals surface area contributed by atoms with Crippen LogP contribution in [0.15, 0.2) is 78.9 Å². The first kappa shape index (κ1) is 15.7. The van der Waals surface area contributed by atoms with Crippen molar-refractivity contribution in [2.75, 3.05) is 5.32 Å². The average Bonchev–Trinajstić information content (AvgIpc) is 2.61. The minimum atomic E-state index is -0.401. The number of carbonyl (C=O) groups excluding carboxylic acids is 1. The molecule has 0 aromatic heterocycles. The van der Waals surface area contributed by atoms with Crippen molar-refractivity contribution in [3.63, 3.8) is 0 Å². The highest BCUT2D eigenvalue weighted by Gasteiger charge is 2.12. The van der Waals surface area contributed by atoms with Crippen LogP contribution in [-0.4, -0.2) is 5.91 Å². The summed E-state index contributed by atoms with van der Waals surface area (Å²) in [6.07, 6.45) is 0. The quantitative estimate of drug-likeness (QED) is 0.742. The van der Waals surface area contributed by atoms with E-state index in [9.17, 15) is 9.18 Å². The molecule has 3 aromatic rings. The second kappa shape index (κ2) is 7.42. The lowest BCUT2D eigenvalue weighted by molar-refractivity contribution is 0.102. The minimum Gasteiger partial charge on any atom is -0.488 e. The maximum Gasteiger partial charge on any atom is 0.259 e. The van der Waals surface area contributed by atoms with Gasteiger partial charge in [0.05, 0.1) is 5.56 Å². The molecule has 0 fully saturated rings. The molecule has 24 heavy (non-hydrogen) atoms. The number of nitrogens with one attached hydrogen (secondary N) is 1. The van der Waals surface area contributed by atoms with Gasteiger partial charge in [0.1, 0.15) is 18.2 Å². The Bertz CT molecular complexity index is 834. The van der Waals surface area contributed by atoms with E-state index in [1.165, 1.54) is 12.1 Å². The van der Waals surface area contributed by atoms with Crippen molar-refractivity contribution in [2.45, 2.75) is 6.61 Å². The van der Waals surface area contributed by atoms with Crippen LogP contribution in [0.2, 0.25) is 0 Å². The maximum absolute atomic E-state index is 13.2. The van der Waals surface area contributed by atoms with Crippen LogP contribution in [0.3, 0.4) is 0 Å². The highest BCUT2D eigenvalue weighted by molar-refractivity contribution is 6.06. The molecule has 0 radical (unpaired) electrons. The predicted octanol–water partition coefficient (Wildman–Crippen LogP) is 4.66. The third-order valence-electron chi connectivity index (χ3n) is 3.45. The molecular weight excluding hydrogens is 305 g/mol. The van der Waals surface area contributed by atoms with Crippen LogP contribution in [0.25, 0.3) is 0 Å². The molecule has 0 aliphatic heterocycles. The molecule has 0 aliphatic rings. The van der Waals surface area contributed by atoms with Gasteiger partial charge in [-0.3, -0.25) is 4.79 Å². The Morgan fingerprint density at radius 2 is 1.67 bits per heavy atom. The third kappa shape index (κ3) is 3.98. The van der Waals surface area contributed by atoms with Crippen LogP contribution >= 0.6 is 0 Å². The molecule has 3 rings (SSSR count). The molecule has 0 atom stereocenters. The fourth-order valence-corrected chi connectivity index (χ4v) is 2.28. The number of anilines is 1. The molecule has 120 valence electrons. The zero-order valence-electron chi connectivity index (χ0n) is 12.9. The monoisotopic (exact) mass is 321 g/mol. The molecule has 1 N–H and O–H groups in total. The molecule has 4 heteroatoms. The van der Waals surface area contributed by atoms with Crippen LogP contribution in [0.4, 0.5) is 10.1 Å². The van der Waals surface area contributed by atoms with E-state index < -0.39 is 5.82 Å². The maximum atomic E-state index is 13.2. The van der Waals surface area contributed by atoms with Gasteiger partial charge in [0, 0.05) is 5.69 Å². The van der Waals surface area contributed by atoms with Gasteiger partial charge in [0.25, 0.3) is 5.91 Å². The van der Waals surface area contributed by atoms with E-state index in [1.807, 2.05) is 30.3 Å². The van der Waals surface area contributed by atoms with Crippen molar-refractivity contribution < 1.29 is 13.9 Å². The molecule has 0 aliphatic carbocycles. The van der Waals surface area contributed by atoms with E-state index in [4.69, 9.17) is 4.74 Å². The molecule has 3 nitrogen and oxygen atoms in total. The first-order valence-corrected chi connectivity index (χ1v) is 7.55. The van der Waals surface area contributed by atoms with E-state index in [0.29, 0.717) is 23.6 Å². The van der Waals surface area contributed by atoms with Crippen molar-refractivity contribution >= 4 is 11.6 Å². The second-order valence-corrected chi connectivity index (χ2v) is 5.23. The van der Waals surface area contributed by atoms with Gasteiger partial charge in [0.2, 0.25) is 0 Å². The molecule has 3 aromatic carbocycles. The Kier molecular flexibility index (Phi) is 4.87. The summed E-state index contributed by atoms with van der Waals surface area (Å²) >= 11 is 0. The summed E-state index contributed by atoms with van der Waals surface area (Å²) in [6.45, 7) is 0.366. The fraction of sp³-hybridized carbons (Fsp3) is 0.0500. The van der Waals surface area contributed by atoms with E-state index in [0.717, 1.165) is 5.56 Å². The van der Waals surface area contributed by atoms with Crippen LogP contribution in [-0.2, 0) is 6.61 Å². The van der Waals surface area contributed by atoms with E-state index >= 15 is 0 Å². The number of carbonyl (C=O) groups is 1. The third-order valence-corrected chi connectivity index (χ3v) is 3.45. The van der Waals surface area contributed by atoms with Crippen molar-refractivity contribution in [2.24, 2.45) is 0 Å². The smallest absolute Gasteiger partial charge is 0.259 e. The fourth-order valence-electron chi connectivity index (χ4n) is 2.28. The Hall–Kier alpha value is -3.14. The number of amides is 1. The lowest BCUT2D eigenvalue weighted by atomic mass is 10.1. The normalized spacial score (nSPS) is 10.2. The number of hydrogen-bond donors (Lipinski definition) is 1. The van der Waals surface area contributed by atoms with E-state index in [1.54, 1.807) is 36.4 Å². The van der Waals surface area contributed by atoms with Crippen LogP contribution in [0.1, 0.15) is 15.9 Å². The summed E-state index contributed by atoms with van der Waals surface area (Å²) in [6, 6.07) is 22.5. The molecule has 0 spiro atoms. The zero-order chi connectivity index (χ0) is 16.8. The number of halogens is 1. The van der Waals surface area contributed by atoms with Crippen molar-refractivity contribution in [3.8, 4) is 5.75 Å². The van der Waals surface area contributed by atoms with Crippen molar-refractivity contribution in [3.05, 3.63) is 95.8 Å². The van der Waals surface area contributed by atoms with Crippen molar-refractivity contribution in [1.82, 2.24) is 0 Å². The summed E-state index contributed by atoms with van der Waals surface area (Å²) in [7, 11) is 0. The first-order valence-electron chi connectivity index (χ1n) is 7.55. The van der Waals surface area contributed by atoms with Gasteiger partial charge in [-0.1, -0.05) is 48.5 Å². The summed E-state index contributed by atoms with van der Waals surface area (Å²) in [5, 5.41) is 2.68. The number of rotatable bonds is 5. The molecule has 0 heterocycles. The highest BCUT2D eigenvalue weighted by Crippen LogP contribution is 2.21. The summed E-state index contributed by atoms with van der Waals surface area (Å²) in [5.41, 5.74) is 1.81. The Morgan fingerprint density at radius 3 is 2.46 bits per heavy atom. The number of hydrogen-bond acceptors (Lipinski definition) is 2. The van der Waals surface area contributed by atoms with Crippen molar-refractivity contribution in [1.29, 1.82) is 0 Å². The highest BCUT2D eigenvalue weighted by atomic mass is 19.1. The molecule has 0 unspecified atom stereocenters. The SMILES string of the molecule is O=C(Nc1cccc(F)c1)c1ccccc1OCc1ccccc1. The number of para-hydroxylation sites is 1. The van der Waals surface area contributed by atoms with Gasteiger partial charge >= 0.3 is 0 Å². The summed E-state index contributed by atoms with van der Waals surface area (Å²) in [4.78, 5) is 12.4. The van der Waals surface area contributed by atoms with Gasteiger partial charge in [-0.05, 0) is 35.9 Å². The lowest BCUT2D eigenvalue weighted by Crippen LogP contribution is -2.13. The van der Waals surface area contributed by atoms with Gasteiger partial charge in [-0.15, -0.1) is 0 Å². The zero-order valence-corrected chi connectivity index (χ0v) is 12.9. The molecule has 0 bridgehead atoms. The van der Waals surface area contributed by atoms with Crippen LogP contribution < -0.4 is 10.1 Å². The summed E-state index contributed by atoms with van der Waals surface area (Å²) < 4.78 is 19.0. The Morgan fingerprint density at radius 1 is 0.917 bits per heavy atom. The number of ether oxygens (including phenoxy) is 1. The summed E-state index contributed by atoms with van der Waals surface area (Å²) in [5.74, 6) is -0.263. The van der Waals surface area contributed by atoms with E-state index in [-0.39, 0.29) is 5.91 Å². The first-order chi connectivity index (χ1) is 11.7. The minimum absolute atomic E-state index is 0.343. The van der Waals surface area contributed by atoms with Gasteiger partial charge in [0.15, 0.2) is 0 Å². The predicted molar refractivity (Wildman–Crippen MR) is 91.6 cm³/mol. The standard InChI is InChI=1S/C20H16FNO2/c21-16-9-6-10-17(13-16)22-20(23)18-11-4-5-12-19(18)24-14-15-7-2-1-3-8-15/h1-13H,14H2,(H,22,23). The van der Waals surface area contributed by atoms with Crippen LogP contribution in [0.5, 0.6) is 5.75 Å². The number of benzene rings is 3. The second-order valence-electron chi connectivity index (χ2n) is 5.23. The van der Waals surface area contributed by atoms with Gasteiger partial charge in [-0.2, -0.15) is 0 Å².